The lowest BCUT2D eigenvalue weighted by atomic mass is 9.99. The molecule has 0 saturated heterocycles. The van der Waals surface area contributed by atoms with Crippen LogP contribution in [0.3, 0.4) is 0 Å². The second-order valence-corrected chi connectivity index (χ2v) is 12.6. The third kappa shape index (κ3) is 4.44. The van der Waals surface area contributed by atoms with Crippen LogP contribution in [0, 0.1) is 0 Å². The van der Waals surface area contributed by atoms with Gasteiger partial charge >= 0.3 is 0 Å². The topological polar surface area (TPSA) is 21.3 Å². The fourth-order valence-electron chi connectivity index (χ4n) is 7.48. The summed E-state index contributed by atoms with van der Waals surface area (Å²) >= 11 is 0. The molecule has 0 aliphatic rings. The first-order valence-electron chi connectivity index (χ1n) is 16.7. The molecular weight excluding hydrogens is 597 g/mol. The van der Waals surface area contributed by atoms with Gasteiger partial charge in [-0.25, -0.2) is 0 Å². The van der Waals surface area contributed by atoms with E-state index in [9.17, 15) is 0 Å². The molecule has 3 heteroatoms. The lowest BCUT2D eigenvalue weighted by molar-refractivity contribution is 0.669. The van der Waals surface area contributed by atoms with Gasteiger partial charge in [-0.05, 0) is 94.7 Å². The van der Waals surface area contributed by atoms with Crippen LogP contribution in [0.1, 0.15) is 0 Å². The molecule has 0 aliphatic heterocycles. The summed E-state index contributed by atoms with van der Waals surface area (Å²) in [6.07, 6.45) is 0. The number of fused-ring (bicyclic) bond motifs is 7. The van der Waals surface area contributed by atoms with E-state index in [4.69, 9.17) is 4.42 Å². The van der Waals surface area contributed by atoms with Crippen LogP contribution in [0.5, 0.6) is 0 Å². The van der Waals surface area contributed by atoms with Crippen molar-refractivity contribution >= 4 is 71.6 Å². The standard InChI is InChI=1S/C46H30N2O/c1-3-12-35(13-4-1)47(43-20-11-18-40-38-16-7-9-19-42(38)48(46(40)43)36-14-5-2-6-15-36)37-26-24-31(25-27-37)32-22-23-33-30-45-41(29-34(33)28-32)39-17-8-10-21-44(39)49-45/h1-30H. The first-order valence-corrected chi connectivity index (χ1v) is 16.7. The van der Waals surface area contributed by atoms with Gasteiger partial charge in [0.25, 0.3) is 0 Å². The normalized spacial score (nSPS) is 11.7. The first kappa shape index (κ1) is 27.5. The van der Waals surface area contributed by atoms with E-state index >= 15 is 0 Å². The molecule has 0 amide bonds. The summed E-state index contributed by atoms with van der Waals surface area (Å²) in [5.41, 5.74) is 11.0. The van der Waals surface area contributed by atoms with E-state index in [1.807, 2.05) is 12.1 Å². The molecule has 10 rings (SSSR count). The van der Waals surface area contributed by atoms with Crippen LogP contribution >= 0.6 is 0 Å². The predicted octanol–water partition coefficient (Wildman–Crippen LogP) is 13.0. The van der Waals surface area contributed by atoms with Crippen LogP contribution in [-0.2, 0) is 0 Å². The van der Waals surface area contributed by atoms with Gasteiger partial charge in [-0.1, -0.05) is 109 Å². The highest BCUT2D eigenvalue weighted by molar-refractivity contribution is 6.14. The zero-order valence-corrected chi connectivity index (χ0v) is 26.6. The number of para-hydroxylation sites is 5. The van der Waals surface area contributed by atoms with Crippen molar-refractivity contribution in [3.63, 3.8) is 0 Å². The molecule has 0 N–H and O–H groups in total. The molecule has 2 aromatic heterocycles. The van der Waals surface area contributed by atoms with Crippen molar-refractivity contribution in [2.75, 3.05) is 4.90 Å². The third-order valence-electron chi connectivity index (χ3n) is 9.74. The van der Waals surface area contributed by atoms with Gasteiger partial charge in [-0.3, -0.25) is 0 Å². The molecule has 49 heavy (non-hydrogen) atoms. The van der Waals surface area contributed by atoms with Crippen molar-refractivity contribution in [3.8, 4) is 16.8 Å². The zero-order chi connectivity index (χ0) is 32.3. The molecule has 10 aromatic rings. The van der Waals surface area contributed by atoms with E-state index in [0.717, 1.165) is 44.7 Å². The summed E-state index contributed by atoms with van der Waals surface area (Å²) in [5, 5.41) is 7.14. The van der Waals surface area contributed by atoms with Crippen molar-refractivity contribution in [3.05, 3.63) is 182 Å². The monoisotopic (exact) mass is 626 g/mol. The molecule has 0 saturated carbocycles. The maximum absolute atomic E-state index is 6.15. The molecule has 0 aliphatic carbocycles. The SMILES string of the molecule is c1ccc(N(c2ccc(-c3ccc4cc5oc6ccccc6c5cc4c3)cc2)c2cccc3c4ccccc4n(-c4ccccc4)c23)cc1. The van der Waals surface area contributed by atoms with Crippen molar-refractivity contribution in [1.29, 1.82) is 0 Å². The Bertz CT molecular complexity index is 2810. The Kier molecular flexibility index (Phi) is 6.18. The summed E-state index contributed by atoms with van der Waals surface area (Å²) < 4.78 is 8.56. The van der Waals surface area contributed by atoms with Crippen LogP contribution in [0.15, 0.2) is 186 Å². The lowest BCUT2D eigenvalue weighted by Crippen LogP contribution is -2.11. The minimum absolute atomic E-state index is 0.923. The summed E-state index contributed by atoms with van der Waals surface area (Å²) in [7, 11) is 0. The molecule has 230 valence electrons. The highest BCUT2D eigenvalue weighted by Gasteiger charge is 2.21. The second kappa shape index (κ2) is 11.0. The van der Waals surface area contributed by atoms with Gasteiger partial charge in [0.2, 0.25) is 0 Å². The fourth-order valence-corrected chi connectivity index (χ4v) is 7.48. The molecule has 8 aromatic carbocycles. The molecule has 0 spiro atoms. The Morgan fingerprint density at radius 1 is 0.408 bits per heavy atom. The van der Waals surface area contributed by atoms with Gasteiger partial charge in [0.15, 0.2) is 0 Å². The largest absolute Gasteiger partial charge is 0.456 e. The van der Waals surface area contributed by atoms with Gasteiger partial charge in [0.05, 0.1) is 16.7 Å². The lowest BCUT2D eigenvalue weighted by Gasteiger charge is -2.27. The van der Waals surface area contributed by atoms with E-state index in [0.29, 0.717) is 0 Å². The fraction of sp³-hybridized carbons (Fsp3) is 0. The van der Waals surface area contributed by atoms with Crippen molar-refractivity contribution in [2.24, 2.45) is 0 Å². The Morgan fingerprint density at radius 2 is 1.08 bits per heavy atom. The number of aromatic nitrogens is 1. The molecular formula is C46H30N2O. The Morgan fingerprint density at radius 3 is 1.92 bits per heavy atom. The summed E-state index contributed by atoms with van der Waals surface area (Å²) in [6, 6.07) is 65.1. The summed E-state index contributed by atoms with van der Waals surface area (Å²) in [5.74, 6) is 0. The Hall–Kier alpha value is -6.58. The van der Waals surface area contributed by atoms with Crippen LogP contribution in [0.2, 0.25) is 0 Å². The van der Waals surface area contributed by atoms with Crippen molar-refractivity contribution in [2.45, 2.75) is 0 Å². The molecule has 0 unspecified atom stereocenters. The Balaban J connectivity index is 1.13. The number of nitrogens with zero attached hydrogens (tertiary/aromatic N) is 2. The molecule has 0 radical (unpaired) electrons. The number of hydrogen-bond acceptors (Lipinski definition) is 2. The number of anilines is 3. The number of rotatable bonds is 5. The van der Waals surface area contributed by atoms with E-state index < -0.39 is 0 Å². The smallest absolute Gasteiger partial charge is 0.136 e. The third-order valence-corrected chi connectivity index (χ3v) is 9.74. The predicted molar refractivity (Wildman–Crippen MR) is 206 cm³/mol. The summed E-state index contributed by atoms with van der Waals surface area (Å²) in [4.78, 5) is 2.38. The van der Waals surface area contributed by atoms with Crippen molar-refractivity contribution < 1.29 is 4.42 Å². The molecule has 0 atom stereocenters. The zero-order valence-electron chi connectivity index (χ0n) is 26.6. The number of hydrogen-bond donors (Lipinski definition) is 0. The van der Waals surface area contributed by atoms with Crippen molar-refractivity contribution in [1.82, 2.24) is 4.57 Å². The number of benzene rings is 8. The number of furan rings is 1. The molecule has 3 nitrogen and oxygen atoms in total. The van der Waals surface area contributed by atoms with E-state index in [1.54, 1.807) is 0 Å². The minimum atomic E-state index is 0.923. The average molecular weight is 627 g/mol. The van der Waals surface area contributed by atoms with Crippen LogP contribution in [0.4, 0.5) is 17.1 Å². The molecule has 2 heterocycles. The van der Waals surface area contributed by atoms with Crippen LogP contribution in [0.25, 0.3) is 71.3 Å². The average Bonchev–Trinajstić information content (AvgIpc) is 3.70. The Labute approximate surface area is 283 Å². The second-order valence-electron chi connectivity index (χ2n) is 12.6. The van der Waals surface area contributed by atoms with Gasteiger partial charge in [-0.15, -0.1) is 0 Å². The first-order chi connectivity index (χ1) is 24.3. The maximum atomic E-state index is 6.15. The van der Waals surface area contributed by atoms with Crippen LogP contribution in [-0.4, -0.2) is 4.57 Å². The van der Waals surface area contributed by atoms with Gasteiger partial charge in [0.1, 0.15) is 11.2 Å². The van der Waals surface area contributed by atoms with Gasteiger partial charge in [0, 0.05) is 38.6 Å². The molecule has 0 bridgehead atoms. The van der Waals surface area contributed by atoms with Crippen LogP contribution < -0.4 is 4.90 Å². The molecule has 0 fully saturated rings. The maximum Gasteiger partial charge on any atom is 0.136 e. The van der Waals surface area contributed by atoms with E-state index in [1.165, 1.54) is 43.7 Å². The summed E-state index contributed by atoms with van der Waals surface area (Å²) in [6.45, 7) is 0. The quantitative estimate of drug-likeness (QED) is 0.190. The highest BCUT2D eigenvalue weighted by atomic mass is 16.3. The van der Waals surface area contributed by atoms with Gasteiger partial charge in [-0.2, -0.15) is 0 Å². The highest BCUT2D eigenvalue weighted by Crippen LogP contribution is 2.43. The van der Waals surface area contributed by atoms with E-state index in [-0.39, 0.29) is 0 Å². The van der Waals surface area contributed by atoms with E-state index in [2.05, 4.69) is 179 Å². The minimum Gasteiger partial charge on any atom is -0.456 e. The van der Waals surface area contributed by atoms with Gasteiger partial charge < -0.3 is 13.9 Å².